The Labute approximate surface area is 129 Å². The van der Waals surface area contributed by atoms with Crippen molar-refractivity contribution in [2.75, 3.05) is 6.54 Å². The molecule has 1 saturated carbocycles. The van der Waals surface area contributed by atoms with Gasteiger partial charge in [0.15, 0.2) is 10.7 Å². The Balaban J connectivity index is 2.13. The van der Waals surface area contributed by atoms with E-state index in [0.29, 0.717) is 10.9 Å². The van der Waals surface area contributed by atoms with E-state index in [-0.39, 0.29) is 17.6 Å². The summed E-state index contributed by atoms with van der Waals surface area (Å²) in [5.74, 6) is -0.660. The van der Waals surface area contributed by atoms with Gasteiger partial charge < -0.3 is 10.0 Å². The van der Waals surface area contributed by atoms with Gasteiger partial charge in [0, 0.05) is 18.0 Å². The Kier molecular flexibility index (Phi) is 5.33. The number of hydrogen-bond donors (Lipinski definition) is 1. The molecule has 0 saturated heterocycles. The number of carbonyl (C=O) groups is 2. The van der Waals surface area contributed by atoms with Gasteiger partial charge in [-0.15, -0.1) is 11.3 Å². The number of carboxylic acid groups (broad SMARTS) is 1. The van der Waals surface area contributed by atoms with Crippen LogP contribution in [0.5, 0.6) is 0 Å². The molecule has 116 valence electrons. The first-order chi connectivity index (χ1) is 9.99. The summed E-state index contributed by atoms with van der Waals surface area (Å²) in [4.78, 5) is 29.4. The van der Waals surface area contributed by atoms with Crippen LogP contribution in [-0.2, 0) is 0 Å². The zero-order chi connectivity index (χ0) is 15.4. The van der Waals surface area contributed by atoms with Crippen LogP contribution in [0.2, 0.25) is 0 Å². The van der Waals surface area contributed by atoms with Crippen LogP contribution < -0.4 is 0 Å². The minimum Gasteiger partial charge on any atom is -0.476 e. The highest BCUT2D eigenvalue weighted by Crippen LogP contribution is 2.26. The molecule has 1 aromatic rings. The summed E-state index contributed by atoms with van der Waals surface area (Å²) in [6, 6.07) is 0.286. The Morgan fingerprint density at radius 2 is 2.10 bits per heavy atom. The zero-order valence-corrected chi connectivity index (χ0v) is 13.4. The highest BCUT2D eigenvalue weighted by Gasteiger charge is 2.29. The lowest BCUT2D eigenvalue weighted by Gasteiger charge is -2.29. The summed E-state index contributed by atoms with van der Waals surface area (Å²) >= 11 is 1.12. The molecule has 0 aromatic carbocycles. The Hall–Kier alpha value is -1.43. The second-order valence-corrected chi connectivity index (χ2v) is 6.82. The van der Waals surface area contributed by atoms with Gasteiger partial charge in [0.2, 0.25) is 0 Å². The van der Waals surface area contributed by atoms with E-state index in [1.54, 1.807) is 0 Å². The van der Waals surface area contributed by atoms with E-state index < -0.39 is 5.97 Å². The molecular formula is C15H22N2O3S. The SMILES string of the molecule is CC(C)CCN(C(=O)c1nc(C(=O)O)cs1)C1CCCC1. The molecule has 1 aromatic heterocycles. The molecule has 5 nitrogen and oxygen atoms in total. The predicted octanol–water partition coefficient (Wildman–Crippen LogP) is 3.27. The molecule has 0 radical (unpaired) electrons. The van der Waals surface area contributed by atoms with Crippen LogP contribution in [0.4, 0.5) is 0 Å². The normalized spacial score (nSPS) is 15.6. The first kappa shape index (κ1) is 15.9. The maximum Gasteiger partial charge on any atom is 0.355 e. The molecule has 6 heteroatoms. The van der Waals surface area contributed by atoms with E-state index in [1.807, 2.05) is 4.90 Å². The average molecular weight is 310 g/mol. The Morgan fingerprint density at radius 1 is 1.43 bits per heavy atom. The summed E-state index contributed by atoms with van der Waals surface area (Å²) in [6.07, 6.45) is 5.37. The van der Waals surface area contributed by atoms with Gasteiger partial charge in [-0.25, -0.2) is 9.78 Å². The molecule has 1 N–H and O–H groups in total. The van der Waals surface area contributed by atoms with Crippen LogP contribution in [0.15, 0.2) is 5.38 Å². The molecule has 0 spiro atoms. The first-order valence-corrected chi connectivity index (χ1v) is 8.36. The number of thiazole rings is 1. The van der Waals surface area contributed by atoms with E-state index in [4.69, 9.17) is 5.11 Å². The van der Waals surface area contributed by atoms with Gasteiger partial charge in [-0.1, -0.05) is 26.7 Å². The molecule has 1 heterocycles. The lowest BCUT2D eigenvalue weighted by Crippen LogP contribution is -2.40. The largest absolute Gasteiger partial charge is 0.476 e. The molecule has 0 unspecified atom stereocenters. The van der Waals surface area contributed by atoms with Gasteiger partial charge in [0.25, 0.3) is 5.91 Å². The lowest BCUT2D eigenvalue weighted by atomic mass is 10.1. The van der Waals surface area contributed by atoms with Crippen molar-refractivity contribution in [3.8, 4) is 0 Å². The maximum absolute atomic E-state index is 12.7. The van der Waals surface area contributed by atoms with Crippen molar-refractivity contribution in [1.29, 1.82) is 0 Å². The van der Waals surface area contributed by atoms with Gasteiger partial charge in [-0.2, -0.15) is 0 Å². The van der Waals surface area contributed by atoms with Crippen molar-refractivity contribution in [2.45, 2.75) is 52.0 Å². The number of aromatic carboxylic acids is 1. The molecule has 1 fully saturated rings. The van der Waals surface area contributed by atoms with Crippen LogP contribution in [0.25, 0.3) is 0 Å². The molecule has 1 aliphatic rings. The minimum atomic E-state index is -1.08. The molecule has 1 aliphatic carbocycles. The first-order valence-electron chi connectivity index (χ1n) is 7.49. The number of nitrogens with zero attached hydrogens (tertiary/aromatic N) is 2. The third-order valence-corrected chi connectivity index (χ3v) is 4.71. The van der Waals surface area contributed by atoms with E-state index in [1.165, 1.54) is 5.38 Å². The monoisotopic (exact) mass is 310 g/mol. The van der Waals surface area contributed by atoms with Gasteiger partial charge in [0.05, 0.1) is 0 Å². The fourth-order valence-corrected chi connectivity index (χ4v) is 3.40. The number of hydrogen-bond acceptors (Lipinski definition) is 4. The van der Waals surface area contributed by atoms with Gasteiger partial charge in [-0.05, 0) is 25.2 Å². The number of rotatable bonds is 6. The quantitative estimate of drug-likeness (QED) is 0.875. The fraction of sp³-hybridized carbons (Fsp3) is 0.667. The maximum atomic E-state index is 12.7. The Bertz CT molecular complexity index is 507. The molecule has 21 heavy (non-hydrogen) atoms. The number of amides is 1. The van der Waals surface area contributed by atoms with E-state index in [0.717, 1.165) is 50.0 Å². The summed E-state index contributed by atoms with van der Waals surface area (Å²) in [5.41, 5.74) is -0.0430. The van der Waals surface area contributed by atoms with Crippen LogP contribution in [0.1, 0.15) is 66.2 Å². The summed E-state index contributed by atoms with van der Waals surface area (Å²) in [5, 5.41) is 10.7. The van der Waals surface area contributed by atoms with Crippen LogP contribution in [0.3, 0.4) is 0 Å². The molecule has 0 atom stereocenters. The van der Waals surface area contributed by atoms with Crippen molar-refractivity contribution in [1.82, 2.24) is 9.88 Å². The lowest BCUT2D eigenvalue weighted by molar-refractivity contribution is 0.0670. The van der Waals surface area contributed by atoms with Crippen LogP contribution in [0, 0.1) is 5.92 Å². The van der Waals surface area contributed by atoms with Crippen molar-refractivity contribution in [3.63, 3.8) is 0 Å². The molecule has 2 rings (SSSR count). The van der Waals surface area contributed by atoms with Crippen molar-refractivity contribution in [2.24, 2.45) is 5.92 Å². The number of carbonyl (C=O) groups excluding carboxylic acids is 1. The third kappa shape index (κ3) is 4.03. The second kappa shape index (κ2) is 7.02. The minimum absolute atomic E-state index is 0.0430. The molecular weight excluding hydrogens is 288 g/mol. The summed E-state index contributed by atoms with van der Waals surface area (Å²) < 4.78 is 0. The van der Waals surface area contributed by atoms with Crippen molar-refractivity contribution >= 4 is 23.2 Å². The van der Waals surface area contributed by atoms with E-state index >= 15 is 0 Å². The summed E-state index contributed by atoms with van der Waals surface area (Å²) in [6.45, 7) is 5.01. The second-order valence-electron chi connectivity index (χ2n) is 5.96. The number of aromatic nitrogens is 1. The van der Waals surface area contributed by atoms with Crippen LogP contribution >= 0.6 is 11.3 Å². The standard InChI is InChI=1S/C15H22N2O3S/c1-10(2)7-8-17(11-5-3-4-6-11)14(18)13-16-12(9-21-13)15(19)20/h9-11H,3-8H2,1-2H3,(H,19,20). The molecule has 0 aliphatic heterocycles. The van der Waals surface area contributed by atoms with Gasteiger partial charge in [0.1, 0.15) is 0 Å². The topological polar surface area (TPSA) is 70.5 Å². The predicted molar refractivity (Wildman–Crippen MR) is 81.8 cm³/mol. The molecule has 1 amide bonds. The Morgan fingerprint density at radius 3 is 2.62 bits per heavy atom. The zero-order valence-electron chi connectivity index (χ0n) is 12.5. The summed E-state index contributed by atoms with van der Waals surface area (Å²) in [7, 11) is 0. The third-order valence-electron chi connectivity index (χ3n) is 3.88. The van der Waals surface area contributed by atoms with E-state index in [9.17, 15) is 9.59 Å². The van der Waals surface area contributed by atoms with E-state index in [2.05, 4.69) is 18.8 Å². The van der Waals surface area contributed by atoms with Crippen molar-refractivity contribution < 1.29 is 14.7 Å². The highest BCUT2D eigenvalue weighted by molar-refractivity contribution is 7.11. The van der Waals surface area contributed by atoms with Gasteiger partial charge in [-0.3, -0.25) is 4.79 Å². The number of carboxylic acids is 1. The van der Waals surface area contributed by atoms with Crippen LogP contribution in [-0.4, -0.2) is 39.5 Å². The van der Waals surface area contributed by atoms with Gasteiger partial charge >= 0.3 is 5.97 Å². The molecule has 0 bridgehead atoms. The smallest absolute Gasteiger partial charge is 0.355 e. The highest BCUT2D eigenvalue weighted by atomic mass is 32.1. The fourth-order valence-electron chi connectivity index (χ4n) is 2.66. The average Bonchev–Trinajstić information content (AvgIpc) is 3.09. The van der Waals surface area contributed by atoms with Crippen molar-refractivity contribution in [3.05, 3.63) is 16.1 Å².